The number of nitrogens with one attached hydrogen (secondary N) is 1. The molecule has 2 nitrogen and oxygen atoms in total. The topological polar surface area (TPSA) is 21.3 Å². The van der Waals surface area contributed by atoms with E-state index >= 15 is 0 Å². The first-order chi connectivity index (χ1) is 10.0. The maximum Gasteiger partial charge on any atom is 0.393 e. The Morgan fingerprint density at radius 3 is 2.43 bits per heavy atom. The lowest BCUT2D eigenvalue weighted by Gasteiger charge is -2.33. The Bertz CT molecular complexity index is 430. The van der Waals surface area contributed by atoms with Crippen molar-refractivity contribution >= 4 is 0 Å². The second-order valence-corrected chi connectivity index (χ2v) is 5.59. The van der Waals surface area contributed by atoms with Crippen molar-refractivity contribution in [3.8, 4) is 5.75 Å². The molecule has 1 aromatic carbocycles. The molecule has 0 radical (unpaired) electrons. The molecule has 0 heterocycles. The second-order valence-electron chi connectivity index (χ2n) is 5.59. The summed E-state index contributed by atoms with van der Waals surface area (Å²) in [5, 5.41) is 3.10. The van der Waals surface area contributed by atoms with Crippen molar-refractivity contribution in [3.63, 3.8) is 0 Å². The lowest BCUT2D eigenvalue weighted by Crippen LogP contribution is -2.46. The molecule has 0 saturated heterocycles. The Hall–Kier alpha value is -1.23. The van der Waals surface area contributed by atoms with Crippen LogP contribution in [-0.2, 0) is 6.42 Å². The van der Waals surface area contributed by atoms with E-state index < -0.39 is 18.1 Å². The maximum absolute atomic E-state index is 13.0. The fourth-order valence-electron chi connectivity index (χ4n) is 2.96. The van der Waals surface area contributed by atoms with Crippen LogP contribution < -0.4 is 10.1 Å². The van der Waals surface area contributed by atoms with E-state index in [9.17, 15) is 13.2 Å². The minimum atomic E-state index is -4.09. The van der Waals surface area contributed by atoms with Gasteiger partial charge in [-0.25, -0.2) is 0 Å². The van der Waals surface area contributed by atoms with E-state index in [2.05, 4.69) is 5.32 Å². The molecule has 1 saturated carbocycles. The highest BCUT2D eigenvalue weighted by atomic mass is 19.4. The van der Waals surface area contributed by atoms with Crippen LogP contribution in [0.15, 0.2) is 24.3 Å². The standard InChI is InChI=1S/C16H22F3NO/c1-21-13-8-6-12(7-9-13)10-11-20-15-5-3-2-4-14(15)16(17,18)19/h6-9,14-15,20H,2-5,10-11H2,1H3. The van der Waals surface area contributed by atoms with Gasteiger partial charge in [-0.1, -0.05) is 25.0 Å². The zero-order valence-electron chi connectivity index (χ0n) is 12.2. The summed E-state index contributed by atoms with van der Waals surface area (Å²) in [5.41, 5.74) is 1.10. The quantitative estimate of drug-likeness (QED) is 0.889. The normalized spacial score (nSPS) is 23.0. The Labute approximate surface area is 123 Å². The number of hydrogen-bond acceptors (Lipinski definition) is 2. The Morgan fingerprint density at radius 1 is 1.14 bits per heavy atom. The summed E-state index contributed by atoms with van der Waals surface area (Å²) in [6.45, 7) is 0.573. The Kier molecular flexibility index (Phi) is 5.51. The Balaban J connectivity index is 1.83. The van der Waals surface area contributed by atoms with Crippen LogP contribution in [0.25, 0.3) is 0 Å². The fourth-order valence-corrected chi connectivity index (χ4v) is 2.96. The first kappa shape index (κ1) is 16.1. The van der Waals surface area contributed by atoms with Crippen LogP contribution in [0.4, 0.5) is 13.2 Å². The van der Waals surface area contributed by atoms with Crippen molar-refractivity contribution < 1.29 is 17.9 Å². The summed E-state index contributed by atoms with van der Waals surface area (Å²) >= 11 is 0. The van der Waals surface area contributed by atoms with E-state index in [0.29, 0.717) is 19.4 Å². The van der Waals surface area contributed by atoms with Gasteiger partial charge in [0.25, 0.3) is 0 Å². The molecule has 1 N–H and O–H groups in total. The van der Waals surface area contributed by atoms with Gasteiger partial charge in [0.05, 0.1) is 13.0 Å². The van der Waals surface area contributed by atoms with Gasteiger partial charge in [-0.2, -0.15) is 13.2 Å². The summed E-state index contributed by atoms with van der Waals surface area (Å²) < 4.78 is 44.0. The van der Waals surface area contributed by atoms with Gasteiger partial charge in [-0.05, 0) is 43.5 Å². The third kappa shape index (κ3) is 4.63. The molecule has 0 aliphatic heterocycles. The highest BCUT2D eigenvalue weighted by molar-refractivity contribution is 5.27. The van der Waals surface area contributed by atoms with Gasteiger partial charge in [0.2, 0.25) is 0 Å². The minimum absolute atomic E-state index is 0.254. The third-order valence-electron chi connectivity index (χ3n) is 4.17. The van der Waals surface area contributed by atoms with Crippen LogP contribution in [0.5, 0.6) is 5.75 Å². The predicted octanol–water partition coefficient (Wildman–Crippen LogP) is 3.95. The zero-order chi connectivity index (χ0) is 15.3. The molecule has 21 heavy (non-hydrogen) atoms. The summed E-state index contributed by atoms with van der Waals surface area (Å²) in [6, 6.07) is 7.20. The van der Waals surface area contributed by atoms with Crippen LogP contribution in [0.1, 0.15) is 31.2 Å². The molecule has 1 aliphatic rings. The Morgan fingerprint density at radius 2 is 1.81 bits per heavy atom. The van der Waals surface area contributed by atoms with Gasteiger partial charge in [-0.3, -0.25) is 0 Å². The largest absolute Gasteiger partial charge is 0.497 e. The molecule has 2 rings (SSSR count). The van der Waals surface area contributed by atoms with Crippen LogP contribution in [-0.4, -0.2) is 25.9 Å². The highest BCUT2D eigenvalue weighted by Crippen LogP contribution is 2.37. The van der Waals surface area contributed by atoms with E-state index in [1.54, 1.807) is 7.11 Å². The van der Waals surface area contributed by atoms with Crippen LogP contribution in [0.2, 0.25) is 0 Å². The first-order valence-electron chi connectivity index (χ1n) is 7.43. The maximum atomic E-state index is 13.0. The first-order valence-corrected chi connectivity index (χ1v) is 7.43. The van der Waals surface area contributed by atoms with E-state index in [4.69, 9.17) is 4.74 Å². The van der Waals surface area contributed by atoms with Gasteiger partial charge in [-0.15, -0.1) is 0 Å². The number of hydrogen-bond donors (Lipinski definition) is 1. The third-order valence-corrected chi connectivity index (χ3v) is 4.17. The van der Waals surface area contributed by atoms with E-state index in [-0.39, 0.29) is 6.42 Å². The van der Waals surface area contributed by atoms with Crippen molar-refractivity contribution in [2.45, 2.75) is 44.3 Å². The summed E-state index contributed by atoms with van der Waals surface area (Å²) in [4.78, 5) is 0. The van der Waals surface area contributed by atoms with Crippen molar-refractivity contribution in [3.05, 3.63) is 29.8 Å². The van der Waals surface area contributed by atoms with Gasteiger partial charge < -0.3 is 10.1 Å². The molecule has 2 atom stereocenters. The second kappa shape index (κ2) is 7.16. The molecule has 1 aromatic rings. The molecule has 118 valence electrons. The molecule has 0 bridgehead atoms. The summed E-state index contributed by atoms with van der Waals surface area (Å²) in [6.07, 6.45) is -0.923. The van der Waals surface area contributed by atoms with Crippen LogP contribution in [0.3, 0.4) is 0 Å². The predicted molar refractivity (Wildman–Crippen MR) is 76.5 cm³/mol. The molecule has 0 spiro atoms. The van der Waals surface area contributed by atoms with Gasteiger partial charge in [0.15, 0.2) is 0 Å². The lowest BCUT2D eigenvalue weighted by molar-refractivity contribution is -0.188. The number of methoxy groups -OCH3 is 1. The number of halogens is 3. The zero-order valence-corrected chi connectivity index (χ0v) is 12.2. The van der Waals surface area contributed by atoms with Crippen LogP contribution in [0, 0.1) is 5.92 Å². The van der Waals surface area contributed by atoms with E-state index in [1.807, 2.05) is 24.3 Å². The molecular formula is C16H22F3NO. The van der Waals surface area contributed by atoms with Crippen molar-refractivity contribution in [1.82, 2.24) is 5.32 Å². The summed E-state index contributed by atoms with van der Waals surface area (Å²) in [5.74, 6) is -0.404. The molecule has 2 unspecified atom stereocenters. The molecule has 0 aromatic heterocycles. The highest BCUT2D eigenvalue weighted by Gasteiger charge is 2.45. The van der Waals surface area contributed by atoms with Crippen LogP contribution >= 0.6 is 0 Å². The average Bonchev–Trinajstić information content (AvgIpc) is 2.47. The van der Waals surface area contributed by atoms with Crippen molar-refractivity contribution in [1.29, 1.82) is 0 Å². The monoisotopic (exact) mass is 301 g/mol. The SMILES string of the molecule is COc1ccc(CCNC2CCCCC2C(F)(F)F)cc1. The van der Waals surface area contributed by atoms with Gasteiger partial charge in [0, 0.05) is 6.04 Å². The van der Waals surface area contributed by atoms with E-state index in [1.165, 1.54) is 0 Å². The van der Waals surface area contributed by atoms with Crippen molar-refractivity contribution in [2.75, 3.05) is 13.7 Å². The number of alkyl halides is 3. The molecule has 1 aliphatic carbocycles. The lowest BCUT2D eigenvalue weighted by atomic mass is 9.84. The number of benzene rings is 1. The van der Waals surface area contributed by atoms with E-state index in [0.717, 1.165) is 24.2 Å². The van der Waals surface area contributed by atoms with Gasteiger partial charge in [0.1, 0.15) is 5.75 Å². The van der Waals surface area contributed by atoms with Crippen molar-refractivity contribution in [2.24, 2.45) is 5.92 Å². The fraction of sp³-hybridized carbons (Fsp3) is 0.625. The number of ether oxygens (including phenoxy) is 1. The average molecular weight is 301 g/mol. The summed E-state index contributed by atoms with van der Waals surface area (Å²) in [7, 11) is 1.61. The van der Waals surface area contributed by atoms with Gasteiger partial charge >= 0.3 is 6.18 Å². The number of rotatable bonds is 5. The molecule has 5 heteroatoms. The molecule has 0 amide bonds. The smallest absolute Gasteiger partial charge is 0.393 e. The molecule has 1 fully saturated rings. The minimum Gasteiger partial charge on any atom is -0.497 e. The molecular weight excluding hydrogens is 279 g/mol.